The second kappa shape index (κ2) is 5.98. The lowest BCUT2D eigenvalue weighted by Crippen LogP contribution is -2.08. The molecule has 96 valence electrons. The molecular weight excluding hydrogens is 252 g/mol. The summed E-state index contributed by atoms with van der Waals surface area (Å²) in [6.07, 6.45) is 1.17. The maximum Gasteiger partial charge on any atom is 0.229 e. The van der Waals surface area contributed by atoms with Crippen molar-refractivity contribution in [2.45, 2.75) is 32.3 Å². The lowest BCUT2D eigenvalue weighted by atomic mass is 10.1. The summed E-state index contributed by atoms with van der Waals surface area (Å²) in [5, 5.41) is 14.1. The highest BCUT2D eigenvalue weighted by molar-refractivity contribution is 6.31. The van der Waals surface area contributed by atoms with Gasteiger partial charge in [0.25, 0.3) is 0 Å². The van der Waals surface area contributed by atoms with Crippen molar-refractivity contribution in [3.05, 3.63) is 46.6 Å². The number of halogens is 1. The van der Waals surface area contributed by atoms with Crippen molar-refractivity contribution in [2.24, 2.45) is 0 Å². The third kappa shape index (κ3) is 3.31. The molecule has 18 heavy (non-hydrogen) atoms. The van der Waals surface area contributed by atoms with E-state index in [9.17, 15) is 5.11 Å². The first-order chi connectivity index (χ1) is 8.69. The highest BCUT2D eigenvalue weighted by atomic mass is 35.5. The Morgan fingerprint density at radius 1 is 1.39 bits per heavy atom. The van der Waals surface area contributed by atoms with Crippen LogP contribution in [-0.2, 0) is 12.8 Å². The Bertz CT molecular complexity index is 513. The van der Waals surface area contributed by atoms with Crippen LogP contribution in [0.15, 0.2) is 28.8 Å². The van der Waals surface area contributed by atoms with Crippen molar-refractivity contribution in [2.75, 3.05) is 0 Å². The molecule has 0 saturated carbocycles. The third-order valence-electron chi connectivity index (χ3n) is 2.70. The minimum atomic E-state index is -0.432. The van der Waals surface area contributed by atoms with E-state index in [-0.39, 0.29) is 0 Å². The van der Waals surface area contributed by atoms with Gasteiger partial charge < -0.3 is 9.63 Å². The number of aliphatic hydroxyl groups is 1. The second-order valence-electron chi connectivity index (χ2n) is 4.14. The van der Waals surface area contributed by atoms with Gasteiger partial charge in [0.05, 0.1) is 12.5 Å². The molecule has 2 rings (SSSR count). The Morgan fingerprint density at radius 3 is 2.89 bits per heavy atom. The summed E-state index contributed by atoms with van der Waals surface area (Å²) in [5.74, 6) is 1.05. The molecule has 4 nitrogen and oxygen atoms in total. The van der Waals surface area contributed by atoms with Crippen LogP contribution >= 0.6 is 11.6 Å². The number of aromatic nitrogens is 2. The average Bonchev–Trinajstić information content (AvgIpc) is 2.79. The Kier molecular flexibility index (Phi) is 4.33. The summed E-state index contributed by atoms with van der Waals surface area (Å²) in [5.41, 5.74) is 0.961. The van der Waals surface area contributed by atoms with E-state index in [0.717, 1.165) is 5.56 Å². The summed E-state index contributed by atoms with van der Waals surface area (Å²) >= 11 is 6.06. The van der Waals surface area contributed by atoms with E-state index in [0.29, 0.717) is 36.0 Å². The van der Waals surface area contributed by atoms with Crippen LogP contribution in [0.3, 0.4) is 0 Å². The van der Waals surface area contributed by atoms with E-state index in [4.69, 9.17) is 16.1 Å². The molecule has 0 amide bonds. The first kappa shape index (κ1) is 13.1. The summed E-state index contributed by atoms with van der Waals surface area (Å²) < 4.78 is 5.09. The first-order valence-electron chi connectivity index (χ1n) is 5.92. The Balaban J connectivity index is 2.05. The zero-order chi connectivity index (χ0) is 13.0. The highest BCUT2D eigenvalue weighted by Crippen LogP contribution is 2.17. The number of benzene rings is 1. The predicted molar refractivity (Wildman–Crippen MR) is 68.6 cm³/mol. The third-order valence-corrected chi connectivity index (χ3v) is 3.07. The summed E-state index contributed by atoms with van der Waals surface area (Å²) in [4.78, 5) is 4.24. The molecule has 1 heterocycles. The Hall–Kier alpha value is -1.39. The largest absolute Gasteiger partial charge is 0.393 e. The van der Waals surface area contributed by atoms with Gasteiger partial charge in [0, 0.05) is 11.4 Å². The molecule has 0 saturated heterocycles. The van der Waals surface area contributed by atoms with Crippen molar-refractivity contribution >= 4 is 11.6 Å². The van der Waals surface area contributed by atoms with Crippen molar-refractivity contribution < 1.29 is 9.63 Å². The fourth-order valence-electron chi connectivity index (χ4n) is 1.60. The molecule has 0 spiro atoms. The standard InChI is InChI=1S/C13H15ClN2O2/c1-2-10(17)8-13-15-12(16-18-13)7-9-5-3-4-6-11(9)14/h3-6,10,17H,2,7-8H2,1H3. The second-order valence-corrected chi connectivity index (χ2v) is 4.55. The zero-order valence-electron chi connectivity index (χ0n) is 10.1. The predicted octanol–water partition coefficient (Wildman–Crippen LogP) is 2.63. The van der Waals surface area contributed by atoms with Gasteiger partial charge in [-0.15, -0.1) is 0 Å². The van der Waals surface area contributed by atoms with Gasteiger partial charge in [0.2, 0.25) is 5.89 Å². The van der Waals surface area contributed by atoms with E-state index in [1.807, 2.05) is 31.2 Å². The smallest absolute Gasteiger partial charge is 0.229 e. The van der Waals surface area contributed by atoms with Gasteiger partial charge in [-0.2, -0.15) is 4.98 Å². The van der Waals surface area contributed by atoms with Gasteiger partial charge in [-0.05, 0) is 18.1 Å². The molecule has 0 aliphatic carbocycles. The molecule has 0 aliphatic heterocycles. The van der Waals surface area contributed by atoms with Crippen LogP contribution in [0.5, 0.6) is 0 Å². The maximum absolute atomic E-state index is 9.51. The normalized spacial score (nSPS) is 12.6. The molecule has 1 N–H and O–H groups in total. The van der Waals surface area contributed by atoms with E-state index in [2.05, 4.69) is 10.1 Å². The van der Waals surface area contributed by atoms with Gasteiger partial charge in [-0.3, -0.25) is 0 Å². The van der Waals surface area contributed by atoms with Crippen molar-refractivity contribution in [1.29, 1.82) is 0 Å². The average molecular weight is 267 g/mol. The van der Waals surface area contributed by atoms with Crippen molar-refractivity contribution in [3.63, 3.8) is 0 Å². The fourth-order valence-corrected chi connectivity index (χ4v) is 1.81. The van der Waals surface area contributed by atoms with Crippen LogP contribution < -0.4 is 0 Å². The van der Waals surface area contributed by atoms with Gasteiger partial charge in [-0.1, -0.05) is 41.9 Å². The van der Waals surface area contributed by atoms with Crippen LogP contribution in [0.1, 0.15) is 30.6 Å². The number of rotatable bonds is 5. The number of hydrogen-bond donors (Lipinski definition) is 1. The van der Waals surface area contributed by atoms with Crippen LogP contribution in [0.4, 0.5) is 0 Å². The fraction of sp³-hybridized carbons (Fsp3) is 0.385. The van der Waals surface area contributed by atoms with Crippen molar-refractivity contribution in [1.82, 2.24) is 10.1 Å². The summed E-state index contributed by atoms with van der Waals surface area (Å²) in [6, 6.07) is 7.56. The molecule has 1 atom stereocenters. The lowest BCUT2D eigenvalue weighted by molar-refractivity contribution is 0.158. The minimum absolute atomic E-state index is 0.395. The molecule has 1 unspecified atom stereocenters. The minimum Gasteiger partial charge on any atom is -0.393 e. The van der Waals surface area contributed by atoms with Crippen LogP contribution in [0.25, 0.3) is 0 Å². The molecule has 2 aromatic rings. The Morgan fingerprint density at radius 2 is 2.17 bits per heavy atom. The summed E-state index contributed by atoms with van der Waals surface area (Å²) in [6.45, 7) is 1.91. The molecule has 0 fully saturated rings. The van der Waals surface area contributed by atoms with Crippen LogP contribution in [0, 0.1) is 0 Å². The van der Waals surface area contributed by atoms with E-state index < -0.39 is 6.10 Å². The molecule has 1 aromatic carbocycles. The molecule has 0 radical (unpaired) electrons. The van der Waals surface area contributed by atoms with E-state index in [1.165, 1.54) is 0 Å². The molecule has 5 heteroatoms. The SMILES string of the molecule is CCC(O)Cc1nc(Cc2ccccc2Cl)no1. The molecular formula is C13H15ClN2O2. The van der Waals surface area contributed by atoms with Gasteiger partial charge in [-0.25, -0.2) is 0 Å². The molecule has 0 aliphatic rings. The van der Waals surface area contributed by atoms with Gasteiger partial charge in [0.15, 0.2) is 5.82 Å². The topological polar surface area (TPSA) is 59.2 Å². The first-order valence-corrected chi connectivity index (χ1v) is 6.29. The van der Waals surface area contributed by atoms with E-state index in [1.54, 1.807) is 0 Å². The summed E-state index contributed by atoms with van der Waals surface area (Å²) in [7, 11) is 0. The van der Waals surface area contributed by atoms with Crippen LogP contribution in [-0.4, -0.2) is 21.4 Å². The Labute approximate surface area is 111 Å². The van der Waals surface area contributed by atoms with Crippen LogP contribution in [0.2, 0.25) is 5.02 Å². The van der Waals surface area contributed by atoms with E-state index >= 15 is 0 Å². The van der Waals surface area contributed by atoms with Gasteiger partial charge in [0.1, 0.15) is 0 Å². The van der Waals surface area contributed by atoms with Crippen molar-refractivity contribution in [3.8, 4) is 0 Å². The number of hydrogen-bond acceptors (Lipinski definition) is 4. The molecule has 1 aromatic heterocycles. The highest BCUT2D eigenvalue weighted by Gasteiger charge is 2.12. The maximum atomic E-state index is 9.51. The van der Waals surface area contributed by atoms with Gasteiger partial charge >= 0.3 is 0 Å². The number of aliphatic hydroxyl groups excluding tert-OH is 1. The molecule has 0 bridgehead atoms. The monoisotopic (exact) mass is 266 g/mol. The lowest BCUT2D eigenvalue weighted by Gasteiger charge is -2.01. The zero-order valence-corrected chi connectivity index (χ0v) is 10.9. The number of nitrogens with zero attached hydrogens (tertiary/aromatic N) is 2. The quantitative estimate of drug-likeness (QED) is 0.904.